The summed E-state index contributed by atoms with van der Waals surface area (Å²) in [6.45, 7) is 1.51. The monoisotopic (exact) mass is 291 g/mol. The van der Waals surface area contributed by atoms with Crippen molar-refractivity contribution in [3.63, 3.8) is 0 Å². The maximum absolute atomic E-state index is 12.3. The molecule has 5 nitrogen and oxygen atoms in total. The minimum absolute atomic E-state index is 0.0155. The minimum atomic E-state index is -0.918. The van der Waals surface area contributed by atoms with Gasteiger partial charge in [-0.25, -0.2) is 0 Å². The van der Waals surface area contributed by atoms with E-state index in [2.05, 4.69) is 0 Å². The number of likely N-dealkylation sites (tertiary alicyclic amines) is 1. The number of ketones is 1. The van der Waals surface area contributed by atoms with Gasteiger partial charge in [0.25, 0.3) is 0 Å². The highest BCUT2D eigenvalue weighted by Crippen LogP contribution is 2.18. The average molecular weight is 291 g/mol. The fourth-order valence-corrected chi connectivity index (χ4v) is 2.67. The number of ether oxygens (including phenoxy) is 1. The van der Waals surface area contributed by atoms with Crippen LogP contribution >= 0.6 is 0 Å². The van der Waals surface area contributed by atoms with Crippen molar-refractivity contribution < 1.29 is 19.4 Å². The molecule has 2 rings (SSSR count). The van der Waals surface area contributed by atoms with E-state index in [1.807, 2.05) is 4.90 Å². The van der Waals surface area contributed by atoms with Crippen LogP contribution < -0.4 is 4.74 Å². The van der Waals surface area contributed by atoms with Gasteiger partial charge in [0.15, 0.2) is 5.78 Å². The van der Waals surface area contributed by atoms with E-state index in [-0.39, 0.29) is 12.2 Å². The van der Waals surface area contributed by atoms with Crippen LogP contribution in [0.2, 0.25) is 0 Å². The van der Waals surface area contributed by atoms with Crippen LogP contribution in [0.3, 0.4) is 0 Å². The average Bonchev–Trinajstić information content (AvgIpc) is 2.53. The van der Waals surface area contributed by atoms with Gasteiger partial charge < -0.3 is 9.84 Å². The quantitative estimate of drug-likeness (QED) is 0.814. The van der Waals surface area contributed by atoms with Crippen LogP contribution in [0.4, 0.5) is 0 Å². The third-order valence-electron chi connectivity index (χ3n) is 3.91. The summed E-state index contributed by atoms with van der Waals surface area (Å²) in [4.78, 5) is 25.6. The lowest BCUT2D eigenvalue weighted by Crippen LogP contribution is -2.45. The number of hydrogen-bond acceptors (Lipinski definition) is 4. The number of methoxy groups -OCH3 is 1. The van der Waals surface area contributed by atoms with E-state index in [1.165, 1.54) is 0 Å². The Morgan fingerprint density at radius 3 is 2.33 bits per heavy atom. The van der Waals surface area contributed by atoms with E-state index < -0.39 is 12.0 Å². The van der Waals surface area contributed by atoms with Gasteiger partial charge in [-0.15, -0.1) is 0 Å². The molecule has 1 aliphatic rings. The van der Waals surface area contributed by atoms with Crippen molar-refractivity contribution in [2.75, 3.05) is 20.2 Å². The molecule has 0 spiro atoms. The van der Waals surface area contributed by atoms with Crippen LogP contribution in [0.5, 0.6) is 5.75 Å². The van der Waals surface area contributed by atoms with E-state index in [1.54, 1.807) is 31.4 Å². The van der Waals surface area contributed by atoms with Gasteiger partial charge in [0.1, 0.15) is 11.8 Å². The van der Waals surface area contributed by atoms with Gasteiger partial charge in [0.05, 0.1) is 7.11 Å². The van der Waals surface area contributed by atoms with Crippen molar-refractivity contribution >= 4 is 11.8 Å². The van der Waals surface area contributed by atoms with Crippen LogP contribution in [-0.2, 0) is 4.79 Å². The zero-order chi connectivity index (χ0) is 15.2. The first-order valence-corrected chi connectivity index (χ1v) is 7.26. The van der Waals surface area contributed by atoms with Crippen LogP contribution in [0.15, 0.2) is 24.3 Å². The Labute approximate surface area is 124 Å². The molecule has 21 heavy (non-hydrogen) atoms. The molecule has 1 aromatic rings. The Kier molecular flexibility index (Phi) is 5.33. The molecule has 1 heterocycles. The predicted octanol–water partition coefficient (Wildman–Crippen LogP) is 2.21. The highest BCUT2D eigenvalue weighted by atomic mass is 16.5. The molecule has 0 saturated carbocycles. The zero-order valence-electron chi connectivity index (χ0n) is 12.2. The molecule has 0 aliphatic carbocycles. The zero-order valence-corrected chi connectivity index (χ0v) is 12.2. The highest BCUT2D eigenvalue weighted by Gasteiger charge is 2.29. The summed E-state index contributed by atoms with van der Waals surface area (Å²) in [6.07, 6.45) is 3.15. The number of carboxylic acid groups (broad SMARTS) is 1. The fourth-order valence-electron chi connectivity index (χ4n) is 2.67. The van der Waals surface area contributed by atoms with Gasteiger partial charge in [-0.2, -0.15) is 0 Å². The number of rotatable bonds is 6. The molecule has 0 unspecified atom stereocenters. The Morgan fingerprint density at radius 1 is 1.19 bits per heavy atom. The number of carbonyl (C=O) groups is 2. The van der Waals surface area contributed by atoms with Gasteiger partial charge in [0.2, 0.25) is 0 Å². The summed E-state index contributed by atoms with van der Waals surface area (Å²) in [7, 11) is 1.56. The Bertz CT molecular complexity index is 492. The van der Waals surface area contributed by atoms with Crippen molar-refractivity contribution in [1.29, 1.82) is 0 Å². The summed E-state index contributed by atoms with van der Waals surface area (Å²) < 4.78 is 5.05. The third-order valence-corrected chi connectivity index (χ3v) is 3.91. The second-order valence-electron chi connectivity index (χ2n) is 5.31. The molecule has 114 valence electrons. The number of Topliss-reactive ketones (excluding diaryl/α,β-unsaturated/α-hetero) is 1. The first-order valence-electron chi connectivity index (χ1n) is 7.26. The Balaban J connectivity index is 2.04. The molecule has 0 radical (unpaired) electrons. The molecule has 0 bridgehead atoms. The summed E-state index contributed by atoms with van der Waals surface area (Å²) in [5.41, 5.74) is 0.527. The van der Waals surface area contributed by atoms with Gasteiger partial charge >= 0.3 is 5.97 Å². The Morgan fingerprint density at radius 2 is 1.81 bits per heavy atom. The molecule has 1 N–H and O–H groups in total. The summed E-state index contributed by atoms with van der Waals surface area (Å²) in [5, 5.41) is 9.39. The standard InChI is InChI=1S/C16H21NO4/c1-21-13-7-5-12(6-8-13)15(18)11-14(16(19)20)17-9-3-2-4-10-17/h5-8,14H,2-4,9-11H2,1H3,(H,19,20)/t14-/m0/s1. The first-order chi connectivity index (χ1) is 10.1. The lowest BCUT2D eigenvalue weighted by molar-refractivity contribution is -0.143. The van der Waals surface area contributed by atoms with Gasteiger partial charge in [-0.1, -0.05) is 6.42 Å². The molecule has 0 amide bonds. The van der Waals surface area contributed by atoms with Crippen molar-refractivity contribution in [1.82, 2.24) is 4.90 Å². The lowest BCUT2D eigenvalue weighted by atomic mass is 10.0. The summed E-state index contributed by atoms with van der Waals surface area (Å²) >= 11 is 0. The van der Waals surface area contributed by atoms with Crippen molar-refractivity contribution in [3.05, 3.63) is 29.8 Å². The number of piperidine rings is 1. The van der Waals surface area contributed by atoms with E-state index >= 15 is 0 Å². The van der Waals surface area contributed by atoms with Gasteiger partial charge in [0, 0.05) is 12.0 Å². The number of hydrogen-bond donors (Lipinski definition) is 1. The number of carboxylic acids is 1. The van der Waals surface area contributed by atoms with Crippen LogP contribution in [0, 0.1) is 0 Å². The third kappa shape index (κ3) is 4.04. The smallest absolute Gasteiger partial charge is 0.321 e. The predicted molar refractivity (Wildman–Crippen MR) is 78.8 cm³/mol. The van der Waals surface area contributed by atoms with Gasteiger partial charge in [-0.05, 0) is 50.2 Å². The van der Waals surface area contributed by atoms with E-state index in [9.17, 15) is 14.7 Å². The number of benzene rings is 1. The molecule has 1 fully saturated rings. The molecule has 5 heteroatoms. The minimum Gasteiger partial charge on any atom is -0.497 e. The van der Waals surface area contributed by atoms with Crippen LogP contribution in [0.1, 0.15) is 36.0 Å². The molecular formula is C16H21NO4. The summed E-state index contributed by atoms with van der Waals surface area (Å²) in [5.74, 6) is -0.383. The first kappa shape index (κ1) is 15.5. The fraction of sp³-hybridized carbons (Fsp3) is 0.500. The van der Waals surface area contributed by atoms with E-state index in [4.69, 9.17) is 4.74 Å². The largest absolute Gasteiger partial charge is 0.497 e. The van der Waals surface area contributed by atoms with Crippen molar-refractivity contribution in [2.24, 2.45) is 0 Å². The topological polar surface area (TPSA) is 66.8 Å². The molecule has 0 aromatic heterocycles. The molecule has 1 aromatic carbocycles. The highest BCUT2D eigenvalue weighted by molar-refractivity contribution is 5.98. The van der Waals surface area contributed by atoms with E-state index in [0.29, 0.717) is 11.3 Å². The molecule has 1 atom stereocenters. The molecule has 1 saturated heterocycles. The van der Waals surface area contributed by atoms with Crippen molar-refractivity contribution in [3.8, 4) is 5.75 Å². The normalized spacial score (nSPS) is 17.2. The molecule has 1 aliphatic heterocycles. The van der Waals surface area contributed by atoms with Crippen molar-refractivity contribution in [2.45, 2.75) is 31.7 Å². The SMILES string of the molecule is COc1ccc(C(=O)C[C@@H](C(=O)O)N2CCCCC2)cc1. The number of aliphatic carboxylic acids is 1. The van der Waals surface area contributed by atoms with Crippen LogP contribution in [0.25, 0.3) is 0 Å². The van der Waals surface area contributed by atoms with Crippen LogP contribution in [-0.4, -0.2) is 48.0 Å². The maximum Gasteiger partial charge on any atom is 0.321 e. The maximum atomic E-state index is 12.3. The molecular weight excluding hydrogens is 270 g/mol. The number of nitrogens with zero attached hydrogens (tertiary/aromatic N) is 1. The van der Waals surface area contributed by atoms with Gasteiger partial charge in [-0.3, -0.25) is 14.5 Å². The second-order valence-corrected chi connectivity index (χ2v) is 5.31. The lowest BCUT2D eigenvalue weighted by Gasteiger charge is -2.31. The second kappa shape index (κ2) is 7.22. The number of carbonyl (C=O) groups excluding carboxylic acids is 1. The Hall–Kier alpha value is -1.88. The summed E-state index contributed by atoms with van der Waals surface area (Å²) in [6, 6.07) is 6.06. The van der Waals surface area contributed by atoms with E-state index in [0.717, 1.165) is 32.4 Å².